The highest BCUT2D eigenvalue weighted by Crippen LogP contribution is 2.22. The number of benzene rings is 1. The molecule has 0 aliphatic carbocycles. The topological polar surface area (TPSA) is 108 Å². The number of azo groups is 1. The molecule has 9 nitrogen and oxygen atoms in total. The van der Waals surface area contributed by atoms with Crippen LogP contribution in [0, 0.1) is 0 Å². The van der Waals surface area contributed by atoms with Crippen LogP contribution >= 0.6 is 11.5 Å². The molecule has 2 aromatic rings. The van der Waals surface area contributed by atoms with Gasteiger partial charge >= 0.3 is 15.5 Å². The maximum atomic E-state index is 10.6. The maximum absolute atomic E-state index is 10.6. The van der Waals surface area contributed by atoms with Gasteiger partial charge in [-0.3, -0.25) is 4.55 Å². The fourth-order valence-electron chi connectivity index (χ4n) is 1.90. The molecule has 1 N–H and O–H groups in total. The van der Waals surface area contributed by atoms with E-state index in [4.69, 9.17) is 4.55 Å². The van der Waals surface area contributed by atoms with Gasteiger partial charge in [0.15, 0.2) is 0 Å². The minimum Gasteiger partial charge on any atom is -0.369 e. The number of likely N-dealkylation sites (N-methyl/N-ethyl adjacent to an activating group) is 1. The van der Waals surface area contributed by atoms with Crippen molar-refractivity contribution in [2.45, 2.75) is 6.92 Å². The molecule has 0 spiro atoms. The van der Waals surface area contributed by atoms with E-state index in [1.165, 1.54) is 11.5 Å². The van der Waals surface area contributed by atoms with E-state index in [0.717, 1.165) is 5.69 Å². The predicted octanol–water partition coefficient (Wildman–Crippen LogP) is 2.03. The molecule has 0 bridgehead atoms. The standard InChI is InChI=1S/C13H17N5O4S2/c1-3-18(8-9-22-24(19,20)21)12-6-4-11(5-7-12)15-16-13-17(2)10-14-23-13/h4-7,10H,3,8-9H2,1-2H3/p+1. The third-order valence-electron chi connectivity index (χ3n) is 3.10. The molecule has 0 saturated heterocycles. The SMILES string of the molecule is CCN(CCOS(=O)(=O)O)c1ccc(/N=N\c2snc[n+]2C)cc1. The Labute approximate surface area is 144 Å². The van der Waals surface area contributed by atoms with Crippen LogP contribution in [0.3, 0.4) is 0 Å². The molecule has 1 aromatic heterocycles. The maximum Gasteiger partial charge on any atom is 0.397 e. The van der Waals surface area contributed by atoms with Gasteiger partial charge in [0.05, 0.1) is 13.7 Å². The second-order valence-electron chi connectivity index (χ2n) is 4.75. The monoisotopic (exact) mass is 372 g/mol. The Morgan fingerprint density at radius 2 is 2.04 bits per heavy atom. The van der Waals surface area contributed by atoms with Crippen LogP contribution in [-0.4, -0.2) is 37.0 Å². The molecule has 11 heteroatoms. The van der Waals surface area contributed by atoms with E-state index >= 15 is 0 Å². The van der Waals surface area contributed by atoms with Gasteiger partial charge in [0.25, 0.3) is 0 Å². The molecule has 0 atom stereocenters. The zero-order chi connectivity index (χ0) is 17.6. The van der Waals surface area contributed by atoms with Gasteiger partial charge < -0.3 is 4.90 Å². The molecule has 130 valence electrons. The highest BCUT2D eigenvalue weighted by Gasteiger charge is 2.09. The van der Waals surface area contributed by atoms with Crippen molar-refractivity contribution in [3.63, 3.8) is 0 Å². The molecular formula is C13H18N5O4S2+. The Balaban J connectivity index is 1.99. The van der Waals surface area contributed by atoms with Crippen molar-refractivity contribution >= 4 is 38.4 Å². The van der Waals surface area contributed by atoms with E-state index in [1.54, 1.807) is 10.9 Å². The van der Waals surface area contributed by atoms with Crippen LogP contribution in [-0.2, 0) is 21.6 Å². The average Bonchev–Trinajstić information content (AvgIpc) is 2.94. The second kappa shape index (κ2) is 8.24. The summed E-state index contributed by atoms with van der Waals surface area (Å²) < 4.78 is 39.8. The summed E-state index contributed by atoms with van der Waals surface area (Å²) in [5.74, 6) is 0. The molecule has 0 aliphatic heterocycles. The largest absolute Gasteiger partial charge is 0.397 e. The number of nitrogens with zero attached hydrogens (tertiary/aromatic N) is 5. The number of anilines is 1. The van der Waals surface area contributed by atoms with E-state index in [9.17, 15) is 8.42 Å². The highest BCUT2D eigenvalue weighted by molar-refractivity contribution is 7.80. The minimum atomic E-state index is -4.41. The molecule has 0 fully saturated rings. The Hall–Kier alpha value is -1.95. The van der Waals surface area contributed by atoms with E-state index < -0.39 is 10.4 Å². The second-order valence-corrected chi connectivity index (χ2v) is 6.60. The van der Waals surface area contributed by atoms with Gasteiger partial charge in [-0.15, -0.1) is 0 Å². The lowest BCUT2D eigenvalue weighted by molar-refractivity contribution is -0.656. The lowest BCUT2D eigenvalue weighted by Crippen LogP contribution is -2.27. The van der Waals surface area contributed by atoms with Gasteiger partial charge in [-0.25, -0.2) is 8.75 Å². The van der Waals surface area contributed by atoms with Crippen LogP contribution in [0.4, 0.5) is 16.5 Å². The molecule has 0 radical (unpaired) electrons. The van der Waals surface area contributed by atoms with Gasteiger partial charge in [-0.2, -0.15) is 8.42 Å². The molecule has 1 aromatic carbocycles. The summed E-state index contributed by atoms with van der Waals surface area (Å²) in [6.45, 7) is 2.79. The summed E-state index contributed by atoms with van der Waals surface area (Å²) in [5, 5.41) is 8.96. The van der Waals surface area contributed by atoms with Crippen molar-refractivity contribution in [1.29, 1.82) is 0 Å². The zero-order valence-corrected chi connectivity index (χ0v) is 14.9. The van der Waals surface area contributed by atoms with Crippen molar-refractivity contribution in [2.24, 2.45) is 17.3 Å². The van der Waals surface area contributed by atoms with Gasteiger partial charge in [0, 0.05) is 23.9 Å². The van der Waals surface area contributed by atoms with E-state index in [2.05, 4.69) is 18.8 Å². The molecule has 0 amide bonds. The first-order valence-corrected chi connectivity index (χ1v) is 9.22. The first-order valence-electron chi connectivity index (χ1n) is 7.08. The zero-order valence-electron chi connectivity index (χ0n) is 13.2. The van der Waals surface area contributed by atoms with Gasteiger partial charge in [0.1, 0.15) is 17.2 Å². The van der Waals surface area contributed by atoms with Gasteiger partial charge in [-0.05, 0) is 35.6 Å². The predicted molar refractivity (Wildman–Crippen MR) is 89.3 cm³/mol. The van der Waals surface area contributed by atoms with E-state index in [-0.39, 0.29) is 6.61 Å². The van der Waals surface area contributed by atoms with Crippen LogP contribution in [0.15, 0.2) is 40.8 Å². The van der Waals surface area contributed by atoms with Crippen molar-refractivity contribution in [2.75, 3.05) is 24.6 Å². The van der Waals surface area contributed by atoms with Crippen molar-refractivity contribution in [3.05, 3.63) is 30.6 Å². The average molecular weight is 372 g/mol. The summed E-state index contributed by atoms with van der Waals surface area (Å²) in [6, 6.07) is 7.34. The van der Waals surface area contributed by atoms with Crippen molar-refractivity contribution in [1.82, 2.24) is 4.37 Å². The third-order valence-corrected chi connectivity index (χ3v) is 4.29. The summed E-state index contributed by atoms with van der Waals surface area (Å²) in [7, 11) is -2.57. The number of aryl methyl sites for hydroxylation is 1. The number of rotatable bonds is 8. The number of aromatic nitrogens is 2. The molecule has 0 unspecified atom stereocenters. The fraction of sp³-hybridized carbons (Fsp3) is 0.385. The third kappa shape index (κ3) is 5.60. The first-order chi connectivity index (χ1) is 11.4. The lowest BCUT2D eigenvalue weighted by atomic mass is 10.2. The van der Waals surface area contributed by atoms with Crippen LogP contribution in [0.1, 0.15) is 6.92 Å². The summed E-state index contributed by atoms with van der Waals surface area (Å²) in [4.78, 5) is 1.91. The Morgan fingerprint density at radius 1 is 1.33 bits per heavy atom. The van der Waals surface area contributed by atoms with Crippen LogP contribution in [0.5, 0.6) is 0 Å². The van der Waals surface area contributed by atoms with Crippen molar-refractivity contribution < 1.29 is 21.7 Å². The summed E-state index contributed by atoms with van der Waals surface area (Å²) in [5.41, 5.74) is 1.58. The van der Waals surface area contributed by atoms with Crippen molar-refractivity contribution in [3.8, 4) is 0 Å². The highest BCUT2D eigenvalue weighted by atomic mass is 32.3. The molecule has 1 heterocycles. The smallest absolute Gasteiger partial charge is 0.369 e. The van der Waals surface area contributed by atoms with Crippen LogP contribution in [0.25, 0.3) is 0 Å². The van der Waals surface area contributed by atoms with Crippen LogP contribution < -0.4 is 9.47 Å². The summed E-state index contributed by atoms with van der Waals surface area (Å²) in [6.07, 6.45) is 1.66. The number of hydrogen-bond donors (Lipinski definition) is 1. The molecular weight excluding hydrogens is 354 g/mol. The lowest BCUT2D eigenvalue weighted by Gasteiger charge is -2.22. The normalized spacial score (nSPS) is 12.0. The molecule has 0 saturated carbocycles. The molecule has 2 rings (SSSR count). The molecule has 0 aliphatic rings. The Morgan fingerprint density at radius 3 is 2.58 bits per heavy atom. The first kappa shape index (κ1) is 18.4. The fourth-order valence-corrected chi connectivity index (χ4v) is 2.72. The van der Waals surface area contributed by atoms with Gasteiger partial charge in [-0.1, -0.05) is 5.11 Å². The van der Waals surface area contributed by atoms with E-state index in [1.807, 2.05) is 43.1 Å². The van der Waals surface area contributed by atoms with Crippen LogP contribution in [0.2, 0.25) is 0 Å². The minimum absolute atomic E-state index is 0.129. The Kier molecular flexibility index (Phi) is 6.31. The molecule has 24 heavy (non-hydrogen) atoms. The van der Waals surface area contributed by atoms with E-state index in [0.29, 0.717) is 23.9 Å². The Bertz CT molecular complexity index is 789. The quantitative estimate of drug-likeness (QED) is 0.431. The number of hydrogen-bond acceptors (Lipinski definition) is 8. The summed E-state index contributed by atoms with van der Waals surface area (Å²) >= 11 is 1.25. The van der Waals surface area contributed by atoms with Gasteiger partial charge in [0.2, 0.25) is 6.33 Å².